The van der Waals surface area contributed by atoms with E-state index in [1.54, 1.807) is 0 Å². The van der Waals surface area contributed by atoms with E-state index in [1.807, 2.05) is 6.92 Å². The van der Waals surface area contributed by atoms with Gasteiger partial charge in [0.2, 0.25) is 0 Å². The molecule has 0 aliphatic carbocycles. The van der Waals surface area contributed by atoms with E-state index in [-0.39, 0.29) is 0 Å². The number of benzene rings is 1. The fourth-order valence-corrected chi connectivity index (χ4v) is 3.37. The molecule has 1 fully saturated rings. The minimum atomic E-state index is -0.508. The number of rotatable bonds is 4. The number of hydrogen-bond donors (Lipinski definition) is 2. The Bertz CT molecular complexity index is 448. The van der Waals surface area contributed by atoms with Crippen molar-refractivity contribution >= 4 is 21.6 Å². The van der Waals surface area contributed by atoms with Crippen LogP contribution in [0.15, 0.2) is 22.7 Å². The van der Waals surface area contributed by atoms with E-state index in [0.29, 0.717) is 0 Å². The van der Waals surface area contributed by atoms with Gasteiger partial charge in [-0.05, 0) is 66.4 Å². The van der Waals surface area contributed by atoms with Gasteiger partial charge in [-0.15, -0.1) is 0 Å². The summed E-state index contributed by atoms with van der Waals surface area (Å²) in [5.74, 6) is 0. The van der Waals surface area contributed by atoms with E-state index in [2.05, 4.69) is 51.3 Å². The predicted octanol–water partition coefficient (Wildman–Crippen LogP) is 3.30. The Hall–Kier alpha value is -0.580. The van der Waals surface area contributed by atoms with Crippen molar-refractivity contribution < 1.29 is 5.11 Å². The van der Waals surface area contributed by atoms with Crippen molar-refractivity contribution in [3.8, 4) is 0 Å². The van der Waals surface area contributed by atoms with Crippen molar-refractivity contribution in [1.82, 2.24) is 5.32 Å². The quantitative estimate of drug-likeness (QED) is 0.882. The first-order valence-corrected chi connectivity index (χ1v) is 8.27. The van der Waals surface area contributed by atoms with Gasteiger partial charge in [-0.2, -0.15) is 0 Å². The number of halogens is 1. The summed E-state index contributed by atoms with van der Waals surface area (Å²) in [6.45, 7) is 7.89. The molecule has 0 spiro atoms. The standard InChI is InChI=1S/C16H25BrN2O/c1-3-18-12-13-5-6-15(14(17)11-13)19-9-4-7-16(2,20)8-10-19/h5-6,11,18,20H,3-4,7-10,12H2,1-2H3. The van der Waals surface area contributed by atoms with Crippen molar-refractivity contribution in [2.24, 2.45) is 0 Å². The second-order valence-corrected chi connectivity index (χ2v) is 6.76. The molecule has 1 aliphatic heterocycles. The molecule has 1 aromatic carbocycles. The number of nitrogens with one attached hydrogen (secondary N) is 1. The molecule has 4 heteroatoms. The minimum absolute atomic E-state index is 0.508. The molecule has 112 valence electrons. The van der Waals surface area contributed by atoms with E-state index in [9.17, 15) is 5.11 Å². The van der Waals surface area contributed by atoms with E-state index >= 15 is 0 Å². The van der Waals surface area contributed by atoms with Crippen molar-refractivity contribution in [3.05, 3.63) is 28.2 Å². The van der Waals surface area contributed by atoms with Gasteiger partial charge >= 0.3 is 0 Å². The van der Waals surface area contributed by atoms with Gasteiger partial charge in [-0.25, -0.2) is 0 Å². The third-order valence-electron chi connectivity index (χ3n) is 4.00. The summed E-state index contributed by atoms with van der Waals surface area (Å²) in [7, 11) is 0. The summed E-state index contributed by atoms with van der Waals surface area (Å²) in [5.41, 5.74) is 2.03. The molecule has 0 aromatic heterocycles. The summed E-state index contributed by atoms with van der Waals surface area (Å²) in [4.78, 5) is 2.38. The fourth-order valence-electron chi connectivity index (χ4n) is 2.69. The summed E-state index contributed by atoms with van der Waals surface area (Å²) in [6.07, 6.45) is 2.76. The molecule has 0 amide bonds. The van der Waals surface area contributed by atoms with Gasteiger partial charge in [0, 0.05) is 24.1 Å². The summed E-state index contributed by atoms with van der Waals surface area (Å²) in [5, 5.41) is 13.5. The third-order valence-corrected chi connectivity index (χ3v) is 4.63. The lowest BCUT2D eigenvalue weighted by Crippen LogP contribution is -2.28. The fraction of sp³-hybridized carbons (Fsp3) is 0.625. The maximum absolute atomic E-state index is 10.2. The molecular weight excluding hydrogens is 316 g/mol. The third kappa shape index (κ3) is 4.21. The number of nitrogens with zero attached hydrogens (tertiary/aromatic N) is 1. The van der Waals surface area contributed by atoms with Gasteiger partial charge in [0.25, 0.3) is 0 Å². The number of aliphatic hydroxyl groups is 1. The first-order valence-electron chi connectivity index (χ1n) is 7.48. The molecule has 20 heavy (non-hydrogen) atoms. The molecule has 1 aromatic rings. The molecule has 1 aliphatic rings. The normalized spacial score (nSPS) is 23.7. The molecule has 2 N–H and O–H groups in total. The average molecular weight is 341 g/mol. The van der Waals surface area contributed by atoms with Crippen LogP contribution in [-0.4, -0.2) is 30.3 Å². The van der Waals surface area contributed by atoms with E-state index < -0.39 is 5.60 Å². The van der Waals surface area contributed by atoms with Gasteiger partial charge in [-0.1, -0.05) is 13.0 Å². The molecule has 1 saturated heterocycles. The maximum Gasteiger partial charge on any atom is 0.0637 e. The van der Waals surface area contributed by atoms with Crippen LogP contribution in [0.5, 0.6) is 0 Å². The molecule has 2 rings (SSSR count). The van der Waals surface area contributed by atoms with Crippen LogP contribution in [0.2, 0.25) is 0 Å². The van der Waals surface area contributed by atoms with Crippen LogP contribution >= 0.6 is 15.9 Å². The topological polar surface area (TPSA) is 35.5 Å². The molecule has 1 unspecified atom stereocenters. The number of hydrogen-bond acceptors (Lipinski definition) is 3. The lowest BCUT2D eigenvalue weighted by Gasteiger charge is -2.25. The second kappa shape index (κ2) is 6.92. The Labute approximate surface area is 130 Å². The van der Waals surface area contributed by atoms with Gasteiger partial charge in [0.15, 0.2) is 0 Å². The molecule has 1 atom stereocenters. The zero-order chi connectivity index (χ0) is 14.6. The van der Waals surface area contributed by atoms with Crippen molar-refractivity contribution in [3.63, 3.8) is 0 Å². The zero-order valence-electron chi connectivity index (χ0n) is 12.5. The van der Waals surface area contributed by atoms with Crippen LogP contribution < -0.4 is 10.2 Å². The molecule has 0 saturated carbocycles. The first-order chi connectivity index (χ1) is 9.52. The highest BCUT2D eigenvalue weighted by molar-refractivity contribution is 9.10. The van der Waals surface area contributed by atoms with Crippen LogP contribution in [-0.2, 0) is 6.54 Å². The van der Waals surface area contributed by atoms with Crippen molar-refractivity contribution in [2.75, 3.05) is 24.5 Å². The minimum Gasteiger partial charge on any atom is -0.390 e. The highest BCUT2D eigenvalue weighted by atomic mass is 79.9. The van der Waals surface area contributed by atoms with Crippen LogP contribution in [0.1, 0.15) is 38.7 Å². The molecule has 1 heterocycles. The highest BCUT2D eigenvalue weighted by Crippen LogP contribution is 2.31. The Kier molecular flexibility index (Phi) is 5.47. The maximum atomic E-state index is 10.2. The van der Waals surface area contributed by atoms with Crippen LogP contribution in [0, 0.1) is 0 Å². The largest absolute Gasteiger partial charge is 0.390 e. The van der Waals surface area contributed by atoms with Crippen LogP contribution in [0.4, 0.5) is 5.69 Å². The summed E-state index contributed by atoms with van der Waals surface area (Å²) >= 11 is 3.70. The Morgan fingerprint density at radius 1 is 1.35 bits per heavy atom. The molecule has 0 radical (unpaired) electrons. The Morgan fingerprint density at radius 3 is 2.85 bits per heavy atom. The van der Waals surface area contributed by atoms with E-state index in [4.69, 9.17) is 0 Å². The smallest absolute Gasteiger partial charge is 0.0637 e. The SMILES string of the molecule is CCNCc1ccc(N2CCCC(C)(O)CC2)c(Br)c1. The van der Waals surface area contributed by atoms with Crippen molar-refractivity contribution in [1.29, 1.82) is 0 Å². The molecular formula is C16H25BrN2O. The highest BCUT2D eigenvalue weighted by Gasteiger charge is 2.25. The summed E-state index contributed by atoms with van der Waals surface area (Å²) in [6, 6.07) is 6.57. The monoisotopic (exact) mass is 340 g/mol. The second-order valence-electron chi connectivity index (χ2n) is 5.90. The predicted molar refractivity (Wildman–Crippen MR) is 88.2 cm³/mol. The van der Waals surface area contributed by atoms with Crippen LogP contribution in [0.3, 0.4) is 0 Å². The Morgan fingerprint density at radius 2 is 2.15 bits per heavy atom. The van der Waals surface area contributed by atoms with Crippen LogP contribution in [0.25, 0.3) is 0 Å². The Balaban J connectivity index is 2.08. The van der Waals surface area contributed by atoms with Crippen molar-refractivity contribution in [2.45, 2.75) is 45.3 Å². The lowest BCUT2D eigenvalue weighted by atomic mass is 9.98. The lowest BCUT2D eigenvalue weighted by molar-refractivity contribution is 0.0481. The van der Waals surface area contributed by atoms with Gasteiger partial charge in [0.1, 0.15) is 0 Å². The van der Waals surface area contributed by atoms with Gasteiger partial charge < -0.3 is 15.3 Å². The first kappa shape index (κ1) is 15.8. The average Bonchev–Trinajstić information content (AvgIpc) is 2.58. The van der Waals surface area contributed by atoms with Gasteiger partial charge in [0.05, 0.1) is 11.3 Å². The molecule has 0 bridgehead atoms. The number of anilines is 1. The van der Waals surface area contributed by atoms with Gasteiger partial charge in [-0.3, -0.25) is 0 Å². The zero-order valence-corrected chi connectivity index (χ0v) is 14.0. The summed E-state index contributed by atoms with van der Waals surface area (Å²) < 4.78 is 1.15. The molecule has 3 nitrogen and oxygen atoms in total. The van der Waals surface area contributed by atoms with E-state index in [1.165, 1.54) is 11.3 Å². The van der Waals surface area contributed by atoms with E-state index in [0.717, 1.165) is 49.9 Å².